The summed E-state index contributed by atoms with van der Waals surface area (Å²) < 4.78 is 2.35. The molecule has 2 heteroatoms. The molecular formula is C14H18N2. The van der Waals surface area contributed by atoms with E-state index < -0.39 is 0 Å². The Morgan fingerprint density at radius 1 is 1.31 bits per heavy atom. The molecule has 1 aromatic carbocycles. The van der Waals surface area contributed by atoms with Crippen molar-refractivity contribution in [2.45, 2.75) is 45.1 Å². The van der Waals surface area contributed by atoms with Crippen LogP contribution in [0.15, 0.2) is 24.5 Å². The predicted molar refractivity (Wildman–Crippen MR) is 66.7 cm³/mol. The molecule has 2 aromatic rings. The highest BCUT2D eigenvalue weighted by atomic mass is 15.1. The zero-order valence-electron chi connectivity index (χ0n) is 9.98. The average Bonchev–Trinajstić information content (AvgIpc) is 2.59. The summed E-state index contributed by atoms with van der Waals surface area (Å²) in [5.74, 6) is 0.582. The highest BCUT2D eigenvalue weighted by Gasteiger charge is 2.20. The fourth-order valence-electron chi connectivity index (χ4n) is 2.36. The Bertz CT molecular complexity index is 506. The molecular weight excluding hydrogens is 196 g/mol. The van der Waals surface area contributed by atoms with Crippen LogP contribution in [0.3, 0.4) is 0 Å². The van der Waals surface area contributed by atoms with E-state index in [1.807, 2.05) is 6.33 Å². The third-order valence-electron chi connectivity index (χ3n) is 3.73. The summed E-state index contributed by atoms with van der Waals surface area (Å²) in [7, 11) is 0. The van der Waals surface area contributed by atoms with E-state index in [4.69, 9.17) is 0 Å². The van der Waals surface area contributed by atoms with Crippen LogP contribution in [0.25, 0.3) is 11.0 Å². The SMILES string of the molecule is CC(C)c1ccc2c(c1)ncn2C1CCC1. The smallest absolute Gasteiger partial charge is 0.0960 e. The third-order valence-corrected chi connectivity index (χ3v) is 3.73. The van der Waals surface area contributed by atoms with Gasteiger partial charge in [-0.1, -0.05) is 19.9 Å². The van der Waals surface area contributed by atoms with Crippen molar-refractivity contribution in [2.75, 3.05) is 0 Å². The van der Waals surface area contributed by atoms with E-state index in [9.17, 15) is 0 Å². The second-order valence-electron chi connectivity index (χ2n) is 5.14. The van der Waals surface area contributed by atoms with Gasteiger partial charge in [-0.15, -0.1) is 0 Å². The van der Waals surface area contributed by atoms with Crippen LogP contribution in [-0.2, 0) is 0 Å². The van der Waals surface area contributed by atoms with Crippen molar-refractivity contribution in [3.05, 3.63) is 30.1 Å². The van der Waals surface area contributed by atoms with Crippen LogP contribution >= 0.6 is 0 Å². The summed E-state index contributed by atoms with van der Waals surface area (Å²) in [4.78, 5) is 4.53. The number of benzene rings is 1. The molecule has 0 aliphatic heterocycles. The summed E-state index contributed by atoms with van der Waals surface area (Å²) in [5, 5.41) is 0. The summed E-state index contributed by atoms with van der Waals surface area (Å²) in [5.41, 5.74) is 3.83. The maximum Gasteiger partial charge on any atom is 0.0960 e. The second-order valence-corrected chi connectivity index (χ2v) is 5.14. The Labute approximate surface area is 96.3 Å². The summed E-state index contributed by atoms with van der Waals surface area (Å²) in [6, 6.07) is 7.41. The number of fused-ring (bicyclic) bond motifs is 1. The van der Waals surface area contributed by atoms with Gasteiger partial charge in [0.1, 0.15) is 0 Å². The van der Waals surface area contributed by atoms with Crippen molar-refractivity contribution in [2.24, 2.45) is 0 Å². The lowest BCUT2D eigenvalue weighted by Gasteiger charge is -2.27. The Morgan fingerprint density at radius 2 is 2.12 bits per heavy atom. The first-order valence-electron chi connectivity index (χ1n) is 6.22. The Balaban J connectivity index is 2.07. The highest BCUT2D eigenvalue weighted by molar-refractivity contribution is 5.76. The molecule has 84 valence electrons. The normalized spacial score (nSPS) is 16.9. The monoisotopic (exact) mass is 214 g/mol. The van der Waals surface area contributed by atoms with Gasteiger partial charge in [-0.25, -0.2) is 4.98 Å². The summed E-state index contributed by atoms with van der Waals surface area (Å²) in [6.45, 7) is 4.45. The lowest BCUT2D eigenvalue weighted by Crippen LogP contribution is -2.15. The van der Waals surface area contributed by atoms with Gasteiger partial charge < -0.3 is 4.57 Å². The van der Waals surface area contributed by atoms with Gasteiger partial charge in [-0.05, 0) is 42.9 Å². The van der Waals surface area contributed by atoms with Crippen LogP contribution in [0.2, 0.25) is 0 Å². The maximum absolute atomic E-state index is 4.53. The minimum absolute atomic E-state index is 0.582. The van der Waals surface area contributed by atoms with Crippen LogP contribution < -0.4 is 0 Å². The lowest BCUT2D eigenvalue weighted by molar-refractivity contribution is 0.320. The van der Waals surface area contributed by atoms with Gasteiger partial charge in [0.2, 0.25) is 0 Å². The Morgan fingerprint density at radius 3 is 2.75 bits per heavy atom. The van der Waals surface area contributed by atoms with Crippen molar-refractivity contribution >= 4 is 11.0 Å². The first-order valence-corrected chi connectivity index (χ1v) is 6.22. The van der Waals surface area contributed by atoms with Crippen molar-refractivity contribution in [3.63, 3.8) is 0 Å². The minimum Gasteiger partial charge on any atom is -0.327 e. The number of hydrogen-bond donors (Lipinski definition) is 0. The van der Waals surface area contributed by atoms with Crippen molar-refractivity contribution in [3.8, 4) is 0 Å². The molecule has 2 nitrogen and oxygen atoms in total. The van der Waals surface area contributed by atoms with Crippen molar-refractivity contribution in [1.29, 1.82) is 0 Å². The Kier molecular flexibility index (Phi) is 2.23. The average molecular weight is 214 g/mol. The van der Waals surface area contributed by atoms with Gasteiger partial charge in [0.05, 0.1) is 17.4 Å². The molecule has 0 saturated heterocycles. The Hall–Kier alpha value is -1.31. The molecule has 1 fully saturated rings. The molecule has 1 heterocycles. The van der Waals surface area contributed by atoms with Crippen LogP contribution in [0.5, 0.6) is 0 Å². The van der Waals surface area contributed by atoms with E-state index in [2.05, 4.69) is 41.6 Å². The fraction of sp³-hybridized carbons (Fsp3) is 0.500. The van der Waals surface area contributed by atoms with Gasteiger partial charge in [0.25, 0.3) is 0 Å². The van der Waals surface area contributed by atoms with Gasteiger partial charge in [-0.2, -0.15) is 0 Å². The molecule has 0 unspecified atom stereocenters. The van der Waals surface area contributed by atoms with Crippen molar-refractivity contribution < 1.29 is 0 Å². The number of aromatic nitrogens is 2. The first kappa shape index (κ1) is 9.88. The predicted octanol–water partition coefficient (Wildman–Crippen LogP) is 3.88. The van der Waals surface area contributed by atoms with E-state index in [1.165, 1.54) is 30.3 Å². The molecule has 1 aliphatic carbocycles. The van der Waals surface area contributed by atoms with Crippen LogP contribution in [0, 0.1) is 0 Å². The second kappa shape index (κ2) is 3.62. The molecule has 1 aromatic heterocycles. The standard InChI is InChI=1S/C14H18N2/c1-10(2)11-6-7-14-13(8-11)15-9-16(14)12-4-3-5-12/h6-10,12H,3-5H2,1-2H3. The molecule has 0 N–H and O–H groups in total. The van der Waals surface area contributed by atoms with E-state index in [-0.39, 0.29) is 0 Å². The molecule has 0 atom stereocenters. The van der Waals surface area contributed by atoms with E-state index >= 15 is 0 Å². The van der Waals surface area contributed by atoms with Gasteiger partial charge in [0, 0.05) is 6.04 Å². The number of imidazole rings is 1. The maximum atomic E-state index is 4.53. The topological polar surface area (TPSA) is 17.8 Å². The third kappa shape index (κ3) is 1.44. The van der Waals surface area contributed by atoms with E-state index in [0.29, 0.717) is 12.0 Å². The van der Waals surface area contributed by atoms with E-state index in [0.717, 1.165) is 5.52 Å². The quantitative estimate of drug-likeness (QED) is 0.741. The van der Waals surface area contributed by atoms with Gasteiger partial charge in [0.15, 0.2) is 0 Å². The highest BCUT2D eigenvalue weighted by Crippen LogP contribution is 2.34. The number of hydrogen-bond acceptors (Lipinski definition) is 1. The molecule has 0 spiro atoms. The van der Waals surface area contributed by atoms with Crippen LogP contribution in [-0.4, -0.2) is 9.55 Å². The van der Waals surface area contributed by atoms with Gasteiger partial charge in [-0.3, -0.25) is 0 Å². The molecule has 0 bridgehead atoms. The van der Waals surface area contributed by atoms with Crippen molar-refractivity contribution in [1.82, 2.24) is 9.55 Å². The lowest BCUT2D eigenvalue weighted by atomic mass is 9.93. The molecule has 1 saturated carbocycles. The fourth-order valence-corrected chi connectivity index (χ4v) is 2.36. The van der Waals surface area contributed by atoms with E-state index in [1.54, 1.807) is 0 Å². The zero-order chi connectivity index (χ0) is 11.1. The zero-order valence-corrected chi connectivity index (χ0v) is 9.98. The molecule has 0 radical (unpaired) electrons. The molecule has 1 aliphatic rings. The molecule has 3 rings (SSSR count). The summed E-state index contributed by atoms with van der Waals surface area (Å²) >= 11 is 0. The largest absolute Gasteiger partial charge is 0.327 e. The molecule has 16 heavy (non-hydrogen) atoms. The van der Waals surface area contributed by atoms with Crippen LogP contribution in [0.1, 0.15) is 50.6 Å². The first-order chi connectivity index (χ1) is 7.75. The number of rotatable bonds is 2. The minimum atomic E-state index is 0.582. The molecule has 0 amide bonds. The number of nitrogens with zero attached hydrogens (tertiary/aromatic N) is 2. The van der Waals surface area contributed by atoms with Gasteiger partial charge >= 0.3 is 0 Å². The summed E-state index contributed by atoms with van der Waals surface area (Å²) in [6.07, 6.45) is 6.02. The van der Waals surface area contributed by atoms with Crippen LogP contribution in [0.4, 0.5) is 0 Å².